The number of amides is 2. The van der Waals surface area contributed by atoms with E-state index in [1.54, 1.807) is 24.3 Å². The van der Waals surface area contributed by atoms with Crippen LogP contribution in [-0.2, 0) is 30.3 Å². The van der Waals surface area contributed by atoms with Crippen molar-refractivity contribution in [3.05, 3.63) is 52.0 Å². The van der Waals surface area contributed by atoms with Gasteiger partial charge in [-0.25, -0.2) is 4.98 Å². The van der Waals surface area contributed by atoms with Gasteiger partial charge in [0.25, 0.3) is 5.91 Å². The maximum atomic E-state index is 13.3. The molecule has 45 heavy (non-hydrogen) atoms. The first-order valence-electron chi connectivity index (χ1n) is 16.3. The smallest absolute Gasteiger partial charge is 0.308 e. The van der Waals surface area contributed by atoms with Crippen LogP contribution >= 0.6 is 11.3 Å². The van der Waals surface area contributed by atoms with Crippen LogP contribution in [0.5, 0.6) is 0 Å². The molecule has 0 saturated carbocycles. The molecule has 10 heteroatoms. The Hall–Kier alpha value is -3.27. The van der Waals surface area contributed by atoms with Gasteiger partial charge in [0.15, 0.2) is 6.10 Å². The maximum absolute atomic E-state index is 13.3. The molecule has 0 bridgehead atoms. The van der Waals surface area contributed by atoms with Crippen molar-refractivity contribution in [1.82, 2.24) is 15.2 Å². The molecule has 0 aliphatic rings. The minimum atomic E-state index is -0.702. The van der Waals surface area contributed by atoms with E-state index in [0.29, 0.717) is 30.7 Å². The summed E-state index contributed by atoms with van der Waals surface area (Å²) in [5.74, 6) is -1.41. The van der Waals surface area contributed by atoms with Gasteiger partial charge in [-0.15, -0.1) is 11.3 Å². The number of hydrogen-bond donors (Lipinski definition) is 1. The quantitative estimate of drug-likeness (QED) is 0.189. The van der Waals surface area contributed by atoms with Crippen LogP contribution in [-0.4, -0.2) is 59.9 Å². The molecule has 1 aromatic carbocycles. The summed E-state index contributed by atoms with van der Waals surface area (Å²) >= 11 is 1.24. The lowest BCUT2D eigenvalue weighted by atomic mass is 9.96. The molecule has 0 radical (unpaired) electrons. The number of unbranched alkanes of at least 4 members (excludes halogenated alkanes) is 1. The Balaban J connectivity index is 0.00000464. The van der Waals surface area contributed by atoms with Crippen molar-refractivity contribution in [3.8, 4) is 0 Å². The fourth-order valence-electron chi connectivity index (χ4n) is 4.80. The molecule has 0 spiro atoms. The van der Waals surface area contributed by atoms with Gasteiger partial charge >= 0.3 is 11.9 Å². The van der Waals surface area contributed by atoms with Crippen LogP contribution in [0.3, 0.4) is 0 Å². The van der Waals surface area contributed by atoms with Crippen LogP contribution in [0.2, 0.25) is 0 Å². The molecule has 0 aliphatic heterocycles. The van der Waals surface area contributed by atoms with Gasteiger partial charge in [0.05, 0.1) is 13.0 Å². The fourth-order valence-corrected chi connectivity index (χ4v) is 5.64. The Kier molecular flexibility index (Phi) is 21.4. The molecule has 0 fully saturated rings. The predicted octanol–water partition coefficient (Wildman–Crippen LogP) is 7.40. The molecule has 0 saturated heterocycles. The third-order valence-corrected chi connectivity index (χ3v) is 8.04. The molecule has 9 nitrogen and oxygen atoms in total. The monoisotopic (exact) mass is 647 g/mol. The second-order valence-electron chi connectivity index (χ2n) is 10.8. The lowest BCUT2D eigenvalue weighted by molar-refractivity contribution is -0.148. The predicted molar refractivity (Wildman–Crippen MR) is 182 cm³/mol. The first kappa shape index (κ1) is 41.7. The van der Waals surface area contributed by atoms with Crippen molar-refractivity contribution in [2.24, 2.45) is 11.8 Å². The van der Waals surface area contributed by atoms with E-state index < -0.39 is 18.0 Å². The van der Waals surface area contributed by atoms with Crippen molar-refractivity contribution in [2.75, 3.05) is 14.2 Å². The van der Waals surface area contributed by atoms with Gasteiger partial charge in [-0.3, -0.25) is 19.2 Å². The lowest BCUT2D eigenvalue weighted by Gasteiger charge is -2.33. The Bertz CT molecular complexity index is 1140. The largest absolute Gasteiger partial charge is 0.469 e. The molecule has 4 atom stereocenters. The minimum absolute atomic E-state index is 0.0528. The zero-order valence-electron chi connectivity index (χ0n) is 29.3. The van der Waals surface area contributed by atoms with Crippen LogP contribution in [0.1, 0.15) is 122 Å². The second kappa shape index (κ2) is 23.1. The van der Waals surface area contributed by atoms with Crippen LogP contribution in [0.4, 0.5) is 0 Å². The molecule has 4 unspecified atom stereocenters. The highest BCUT2D eigenvalue weighted by Crippen LogP contribution is 2.30. The summed E-state index contributed by atoms with van der Waals surface area (Å²) in [5.41, 5.74) is 1.24. The molecule has 1 heterocycles. The fraction of sp³-hybridized carbons (Fsp3) is 0.629. The van der Waals surface area contributed by atoms with Crippen LogP contribution in [0, 0.1) is 11.8 Å². The van der Waals surface area contributed by atoms with Crippen molar-refractivity contribution < 1.29 is 28.7 Å². The molecule has 1 N–H and O–H groups in total. The Morgan fingerprint density at radius 3 is 2.16 bits per heavy atom. The third kappa shape index (κ3) is 15.0. The summed E-state index contributed by atoms with van der Waals surface area (Å²) in [6.07, 6.45) is 2.81. The zero-order valence-corrected chi connectivity index (χ0v) is 30.2. The van der Waals surface area contributed by atoms with Gasteiger partial charge in [-0.05, 0) is 30.7 Å². The molecule has 1 aromatic heterocycles. The van der Waals surface area contributed by atoms with E-state index >= 15 is 0 Å². The topological polar surface area (TPSA) is 115 Å². The number of rotatable bonds is 16. The van der Waals surface area contributed by atoms with Gasteiger partial charge in [0.2, 0.25) is 5.91 Å². The Morgan fingerprint density at radius 1 is 1.00 bits per heavy atom. The molecule has 254 valence electrons. The van der Waals surface area contributed by atoms with Gasteiger partial charge in [0.1, 0.15) is 10.7 Å². The average Bonchev–Trinajstić information content (AvgIpc) is 3.53. The standard InChI is InChI=1S/C31H45N3O6S.2C2H6/c1-8-9-15-28(36)34(6)26(20(2)3)18-27(40-22(5)35)30-33-25(19-41-30)29(37)32-24(16-21(4)31(38)39-7)17-23-13-11-10-12-14-23;2*1-2/h10-14,19-21,24,26-27H,8-9,15-18H2,1-7H3,(H,32,37);2*1-2H3. The summed E-state index contributed by atoms with van der Waals surface area (Å²) < 4.78 is 10.5. The zero-order chi connectivity index (χ0) is 34.5. The van der Waals surface area contributed by atoms with Crippen molar-refractivity contribution in [1.29, 1.82) is 0 Å². The first-order chi connectivity index (χ1) is 21.5. The number of ether oxygens (including phenoxy) is 2. The number of thiazole rings is 1. The molecular weight excluding hydrogens is 590 g/mol. The van der Waals surface area contributed by atoms with E-state index in [2.05, 4.69) is 10.3 Å². The van der Waals surface area contributed by atoms with Crippen molar-refractivity contribution in [3.63, 3.8) is 0 Å². The number of carbonyl (C=O) groups excluding carboxylic acids is 4. The lowest BCUT2D eigenvalue weighted by Crippen LogP contribution is -2.41. The second-order valence-corrected chi connectivity index (χ2v) is 11.7. The number of nitrogens with one attached hydrogen (secondary N) is 1. The molecule has 0 aliphatic carbocycles. The van der Waals surface area contributed by atoms with Gasteiger partial charge < -0.3 is 19.7 Å². The van der Waals surface area contributed by atoms with Gasteiger partial charge in [0, 0.05) is 44.3 Å². The van der Waals surface area contributed by atoms with E-state index in [1.165, 1.54) is 25.4 Å². The summed E-state index contributed by atoms with van der Waals surface area (Å²) in [6.45, 7) is 17.2. The number of aromatic nitrogens is 1. The number of hydrogen-bond acceptors (Lipinski definition) is 8. The highest BCUT2D eigenvalue weighted by Gasteiger charge is 2.31. The Labute approximate surface area is 275 Å². The number of carbonyl (C=O) groups is 4. The van der Waals surface area contributed by atoms with Crippen LogP contribution < -0.4 is 5.32 Å². The molecular formula is C35H57N3O6S. The van der Waals surface area contributed by atoms with Crippen molar-refractivity contribution >= 4 is 35.1 Å². The molecule has 2 amide bonds. The van der Waals surface area contributed by atoms with Gasteiger partial charge in [-0.2, -0.15) is 0 Å². The highest BCUT2D eigenvalue weighted by molar-refractivity contribution is 7.09. The number of methoxy groups -OCH3 is 1. The van der Waals surface area contributed by atoms with Gasteiger partial charge in [-0.1, -0.05) is 92.1 Å². The Morgan fingerprint density at radius 2 is 1.62 bits per heavy atom. The summed E-state index contributed by atoms with van der Waals surface area (Å²) in [7, 11) is 3.14. The third-order valence-electron chi connectivity index (χ3n) is 7.10. The van der Waals surface area contributed by atoms with E-state index in [1.807, 2.05) is 78.8 Å². The van der Waals surface area contributed by atoms with E-state index in [-0.39, 0.29) is 41.5 Å². The number of esters is 2. The summed E-state index contributed by atoms with van der Waals surface area (Å²) in [6, 6.07) is 9.22. The van der Waals surface area contributed by atoms with E-state index in [0.717, 1.165) is 18.4 Å². The first-order valence-corrected chi connectivity index (χ1v) is 17.2. The molecule has 2 aromatic rings. The van der Waals surface area contributed by atoms with Crippen molar-refractivity contribution in [2.45, 2.75) is 119 Å². The van der Waals surface area contributed by atoms with E-state index in [4.69, 9.17) is 9.47 Å². The van der Waals surface area contributed by atoms with Crippen LogP contribution in [0.25, 0.3) is 0 Å². The summed E-state index contributed by atoms with van der Waals surface area (Å²) in [4.78, 5) is 56.5. The highest BCUT2D eigenvalue weighted by atomic mass is 32.1. The number of benzene rings is 1. The number of nitrogens with zero attached hydrogens (tertiary/aromatic N) is 2. The normalized spacial score (nSPS) is 13.1. The summed E-state index contributed by atoms with van der Waals surface area (Å²) in [5, 5.41) is 5.17. The SMILES string of the molecule is CC.CC.CCCCC(=O)N(C)C(CC(OC(C)=O)c1nc(C(=O)NC(Cc2ccccc2)CC(C)C(=O)OC)cs1)C(C)C. The average molecular weight is 648 g/mol. The van der Waals surface area contributed by atoms with E-state index in [9.17, 15) is 19.2 Å². The molecule has 2 rings (SSSR count). The maximum Gasteiger partial charge on any atom is 0.308 e. The van der Waals surface area contributed by atoms with Crippen LogP contribution in [0.15, 0.2) is 35.7 Å². The minimum Gasteiger partial charge on any atom is -0.469 e.